The molecule has 0 atom stereocenters. The molecule has 0 aliphatic rings. The first-order valence-corrected chi connectivity index (χ1v) is 9.83. The van der Waals surface area contributed by atoms with Crippen molar-refractivity contribution < 1.29 is 17.3 Å². The highest BCUT2D eigenvalue weighted by Gasteiger charge is 2.21. The van der Waals surface area contributed by atoms with Crippen molar-refractivity contribution in [1.29, 1.82) is 0 Å². The third-order valence-electron chi connectivity index (χ3n) is 3.74. The van der Waals surface area contributed by atoms with E-state index in [-0.39, 0.29) is 21.7 Å². The summed E-state index contributed by atoms with van der Waals surface area (Å²) in [7, 11) is -4.08. The van der Waals surface area contributed by atoms with Gasteiger partial charge in [0, 0.05) is 6.07 Å². The lowest BCUT2D eigenvalue weighted by Gasteiger charge is -2.13. The average Bonchev–Trinajstić information content (AvgIpc) is 2.59. The van der Waals surface area contributed by atoms with Gasteiger partial charge in [-0.3, -0.25) is 0 Å². The molecule has 140 valence electrons. The maximum atomic E-state index is 12.6. The van der Waals surface area contributed by atoms with Crippen LogP contribution in [0.4, 0.5) is 0 Å². The molecular formula is C19H17ClN2O4S. The van der Waals surface area contributed by atoms with Crippen LogP contribution in [-0.4, -0.2) is 18.6 Å². The number of hydrogen-bond donors (Lipinski definition) is 0. The molecule has 0 aliphatic heterocycles. The fraction of sp³-hybridized carbons (Fsp3) is 0.158. The number of ether oxygens (including phenoxy) is 1. The monoisotopic (exact) mass is 404 g/mol. The van der Waals surface area contributed by atoms with Gasteiger partial charge in [0.25, 0.3) is 5.88 Å². The summed E-state index contributed by atoms with van der Waals surface area (Å²) >= 11 is 5.86. The highest BCUT2D eigenvalue weighted by atomic mass is 35.5. The number of nitrogens with zero attached hydrogens (tertiary/aromatic N) is 2. The largest absolute Gasteiger partial charge is 0.435 e. The predicted octanol–water partition coefficient (Wildman–Crippen LogP) is 4.62. The van der Waals surface area contributed by atoms with Crippen molar-refractivity contribution in [2.24, 2.45) is 0 Å². The van der Waals surface area contributed by atoms with E-state index in [1.807, 2.05) is 32.9 Å². The summed E-state index contributed by atoms with van der Waals surface area (Å²) in [5.41, 5.74) is 2.86. The molecule has 0 radical (unpaired) electrons. The highest BCUT2D eigenvalue weighted by Crippen LogP contribution is 2.34. The van der Waals surface area contributed by atoms with Crippen LogP contribution in [0.1, 0.15) is 16.7 Å². The third kappa shape index (κ3) is 4.56. The third-order valence-corrected chi connectivity index (χ3v) is 5.18. The van der Waals surface area contributed by atoms with E-state index < -0.39 is 10.1 Å². The van der Waals surface area contributed by atoms with Crippen molar-refractivity contribution in [3.8, 4) is 17.4 Å². The van der Waals surface area contributed by atoms with Crippen molar-refractivity contribution >= 4 is 21.7 Å². The molecule has 0 N–H and O–H groups in total. The van der Waals surface area contributed by atoms with Crippen molar-refractivity contribution in [2.45, 2.75) is 25.7 Å². The molecule has 1 heterocycles. The minimum Gasteiger partial charge on any atom is -0.435 e. The van der Waals surface area contributed by atoms with Crippen LogP contribution in [0.2, 0.25) is 5.15 Å². The zero-order valence-electron chi connectivity index (χ0n) is 14.9. The normalized spacial score (nSPS) is 11.3. The Morgan fingerprint density at radius 2 is 1.52 bits per heavy atom. The van der Waals surface area contributed by atoms with Crippen molar-refractivity contribution in [1.82, 2.24) is 10.2 Å². The van der Waals surface area contributed by atoms with Gasteiger partial charge in [0.2, 0.25) is 5.75 Å². The van der Waals surface area contributed by atoms with Crippen LogP contribution in [0.5, 0.6) is 17.4 Å². The van der Waals surface area contributed by atoms with E-state index >= 15 is 0 Å². The molecule has 8 heteroatoms. The van der Waals surface area contributed by atoms with E-state index in [4.69, 9.17) is 20.5 Å². The molecule has 0 fully saturated rings. The summed E-state index contributed by atoms with van der Waals surface area (Å²) in [6.07, 6.45) is 0. The van der Waals surface area contributed by atoms with E-state index in [9.17, 15) is 8.42 Å². The summed E-state index contributed by atoms with van der Waals surface area (Å²) < 4.78 is 36.1. The Labute approximate surface area is 162 Å². The molecule has 0 saturated carbocycles. The Bertz CT molecular complexity index is 1080. The zero-order valence-corrected chi connectivity index (χ0v) is 16.5. The van der Waals surface area contributed by atoms with Gasteiger partial charge in [0.05, 0.1) is 0 Å². The number of hydrogen-bond acceptors (Lipinski definition) is 6. The van der Waals surface area contributed by atoms with Crippen molar-refractivity contribution in [3.05, 3.63) is 70.4 Å². The maximum Gasteiger partial charge on any atom is 0.339 e. The van der Waals surface area contributed by atoms with Gasteiger partial charge in [-0.2, -0.15) is 8.42 Å². The van der Waals surface area contributed by atoms with E-state index in [0.29, 0.717) is 5.75 Å². The number of rotatable bonds is 5. The van der Waals surface area contributed by atoms with Crippen LogP contribution in [-0.2, 0) is 10.1 Å². The van der Waals surface area contributed by atoms with Gasteiger partial charge in [0.1, 0.15) is 10.6 Å². The van der Waals surface area contributed by atoms with E-state index in [1.165, 1.54) is 18.2 Å². The van der Waals surface area contributed by atoms with Gasteiger partial charge in [-0.1, -0.05) is 47.0 Å². The summed E-state index contributed by atoms with van der Waals surface area (Å²) in [5.74, 6) is 0.271. The SMILES string of the molecule is Cc1ccc(S(=O)(=O)Oc2cc(Cl)nnc2Oc2ccc(C)cc2C)cc1. The van der Waals surface area contributed by atoms with Gasteiger partial charge in [0.15, 0.2) is 5.15 Å². The topological polar surface area (TPSA) is 78.4 Å². The van der Waals surface area contributed by atoms with Gasteiger partial charge in [-0.05, 0) is 44.5 Å². The smallest absolute Gasteiger partial charge is 0.339 e. The Kier molecular flexibility index (Phi) is 5.34. The maximum absolute atomic E-state index is 12.6. The molecule has 0 aliphatic carbocycles. The molecule has 0 unspecified atom stereocenters. The van der Waals surface area contributed by atoms with Crippen LogP contribution in [0, 0.1) is 20.8 Å². The Balaban J connectivity index is 1.95. The molecule has 3 aromatic rings. The Morgan fingerprint density at radius 3 is 2.19 bits per heavy atom. The standard InChI is InChI=1S/C19H17ClN2O4S/c1-12-4-7-15(8-5-12)27(23,24)26-17-11-18(20)21-22-19(17)25-16-9-6-13(2)10-14(16)3/h4-11H,1-3H3. The van der Waals surface area contributed by atoms with Crippen LogP contribution >= 0.6 is 11.6 Å². The summed E-state index contributed by atoms with van der Waals surface area (Å²) in [6.45, 7) is 5.69. The van der Waals surface area contributed by atoms with Crippen molar-refractivity contribution in [3.63, 3.8) is 0 Å². The summed E-state index contributed by atoms with van der Waals surface area (Å²) in [4.78, 5) is 0.0125. The number of aromatic nitrogens is 2. The molecule has 0 spiro atoms. The first kappa shape index (κ1) is 19.1. The quantitative estimate of drug-likeness (QED) is 0.577. The molecule has 3 rings (SSSR count). The van der Waals surface area contributed by atoms with Crippen molar-refractivity contribution in [2.75, 3.05) is 0 Å². The number of aryl methyl sites for hydroxylation is 3. The van der Waals surface area contributed by atoms with E-state index in [1.54, 1.807) is 18.2 Å². The second-order valence-corrected chi connectivity index (χ2v) is 7.99. The van der Waals surface area contributed by atoms with Crippen LogP contribution in [0.3, 0.4) is 0 Å². The second-order valence-electron chi connectivity index (χ2n) is 6.06. The van der Waals surface area contributed by atoms with E-state index in [2.05, 4.69) is 10.2 Å². The summed E-state index contributed by atoms with van der Waals surface area (Å²) in [5, 5.41) is 7.53. The molecule has 1 aromatic heterocycles. The fourth-order valence-electron chi connectivity index (χ4n) is 2.36. The van der Waals surface area contributed by atoms with Crippen LogP contribution in [0.25, 0.3) is 0 Å². The molecule has 27 heavy (non-hydrogen) atoms. The lowest BCUT2D eigenvalue weighted by Crippen LogP contribution is -2.11. The molecular weight excluding hydrogens is 388 g/mol. The first-order chi connectivity index (χ1) is 12.7. The average molecular weight is 405 g/mol. The number of halogens is 1. The minimum absolute atomic E-state index is 0.0125. The Hall–Kier alpha value is -2.64. The molecule has 2 aromatic carbocycles. The molecule has 0 bridgehead atoms. The molecule has 0 saturated heterocycles. The first-order valence-electron chi connectivity index (χ1n) is 8.04. The number of benzene rings is 2. The lowest BCUT2D eigenvalue weighted by molar-refractivity contribution is 0.413. The fourth-order valence-corrected chi connectivity index (χ4v) is 3.42. The van der Waals surface area contributed by atoms with Gasteiger partial charge in [-0.25, -0.2) is 0 Å². The highest BCUT2D eigenvalue weighted by molar-refractivity contribution is 7.87. The molecule has 6 nitrogen and oxygen atoms in total. The molecule has 0 amide bonds. The second kappa shape index (κ2) is 7.54. The lowest BCUT2D eigenvalue weighted by atomic mass is 10.1. The predicted molar refractivity (Wildman–Crippen MR) is 102 cm³/mol. The minimum atomic E-state index is -4.08. The van der Waals surface area contributed by atoms with E-state index in [0.717, 1.165) is 16.7 Å². The summed E-state index contributed by atoms with van der Waals surface area (Å²) in [6, 6.07) is 13.1. The van der Waals surface area contributed by atoms with Gasteiger partial charge >= 0.3 is 10.1 Å². The van der Waals surface area contributed by atoms with Gasteiger partial charge in [-0.15, -0.1) is 10.2 Å². The van der Waals surface area contributed by atoms with Crippen LogP contribution in [0.15, 0.2) is 53.4 Å². The van der Waals surface area contributed by atoms with Gasteiger partial charge < -0.3 is 8.92 Å². The zero-order chi connectivity index (χ0) is 19.6. The Morgan fingerprint density at radius 1 is 0.852 bits per heavy atom. The van der Waals surface area contributed by atoms with Crippen LogP contribution < -0.4 is 8.92 Å².